The lowest BCUT2D eigenvalue weighted by molar-refractivity contribution is 0.446. The van der Waals surface area contributed by atoms with Crippen molar-refractivity contribution in [3.8, 4) is 0 Å². The first-order chi connectivity index (χ1) is 8.16. The van der Waals surface area contributed by atoms with Gasteiger partial charge in [0, 0.05) is 11.6 Å². The Balaban J connectivity index is 1.93. The van der Waals surface area contributed by atoms with Crippen molar-refractivity contribution < 1.29 is 4.39 Å². The summed E-state index contributed by atoms with van der Waals surface area (Å²) < 4.78 is 13.6. The molecule has 1 aromatic carbocycles. The second-order valence-electron chi connectivity index (χ2n) is 5.36. The Hall–Kier alpha value is -0.890. The van der Waals surface area contributed by atoms with Crippen LogP contribution >= 0.6 is 0 Å². The highest BCUT2D eigenvalue weighted by Gasteiger charge is 2.18. The van der Waals surface area contributed by atoms with Gasteiger partial charge in [0.2, 0.25) is 0 Å². The Bertz CT molecular complexity index is 369. The predicted molar refractivity (Wildman–Crippen MR) is 69.3 cm³/mol. The molecule has 1 atom stereocenters. The number of hydrogen-bond donors (Lipinski definition) is 1. The summed E-state index contributed by atoms with van der Waals surface area (Å²) >= 11 is 0. The summed E-state index contributed by atoms with van der Waals surface area (Å²) in [4.78, 5) is 0. The van der Waals surface area contributed by atoms with E-state index in [1.165, 1.54) is 31.7 Å². The van der Waals surface area contributed by atoms with Crippen molar-refractivity contribution in [2.75, 3.05) is 0 Å². The van der Waals surface area contributed by atoms with Gasteiger partial charge >= 0.3 is 0 Å². The van der Waals surface area contributed by atoms with Crippen LogP contribution in [-0.4, -0.2) is 0 Å². The van der Waals surface area contributed by atoms with Crippen molar-refractivity contribution in [1.82, 2.24) is 0 Å². The predicted octanol–water partition coefficient (Wildman–Crippen LogP) is 4.10. The SMILES string of the molecule is Cc1ccc(F)c(C(N)CCC2CCCC2)c1. The summed E-state index contributed by atoms with van der Waals surface area (Å²) in [5.41, 5.74) is 7.87. The van der Waals surface area contributed by atoms with Gasteiger partial charge in [-0.05, 0) is 31.7 Å². The molecule has 94 valence electrons. The highest BCUT2D eigenvalue weighted by atomic mass is 19.1. The second kappa shape index (κ2) is 5.63. The van der Waals surface area contributed by atoms with Crippen LogP contribution in [0.4, 0.5) is 4.39 Å². The Kier molecular flexibility index (Phi) is 4.16. The fourth-order valence-corrected chi connectivity index (χ4v) is 2.82. The van der Waals surface area contributed by atoms with E-state index in [2.05, 4.69) is 0 Å². The number of halogens is 1. The largest absolute Gasteiger partial charge is 0.324 e. The van der Waals surface area contributed by atoms with Gasteiger partial charge in [-0.3, -0.25) is 0 Å². The van der Waals surface area contributed by atoms with Gasteiger partial charge in [0.25, 0.3) is 0 Å². The maximum atomic E-state index is 13.6. The summed E-state index contributed by atoms with van der Waals surface area (Å²) in [7, 11) is 0. The van der Waals surface area contributed by atoms with Gasteiger partial charge in [0.05, 0.1) is 0 Å². The van der Waals surface area contributed by atoms with Crippen LogP contribution in [0.5, 0.6) is 0 Å². The first kappa shape index (κ1) is 12.6. The van der Waals surface area contributed by atoms with Crippen LogP contribution in [0.3, 0.4) is 0 Å². The van der Waals surface area contributed by atoms with E-state index >= 15 is 0 Å². The lowest BCUT2D eigenvalue weighted by Crippen LogP contribution is -2.13. The van der Waals surface area contributed by atoms with E-state index < -0.39 is 0 Å². The van der Waals surface area contributed by atoms with Crippen molar-refractivity contribution in [3.05, 3.63) is 35.1 Å². The lowest BCUT2D eigenvalue weighted by Gasteiger charge is -2.16. The van der Waals surface area contributed by atoms with Gasteiger partial charge < -0.3 is 5.73 Å². The van der Waals surface area contributed by atoms with Crippen LogP contribution in [-0.2, 0) is 0 Å². The molecule has 2 heteroatoms. The van der Waals surface area contributed by atoms with E-state index in [-0.39, 0.29) is 11.9 Å². The highest BCUT2D eigenvalue weighted by molar-refractivity contribution is 5.26. The van der Waals surface area contributed by atoms with E-state index in [0.29, 0.717) is 5.56 Å². The molecule has 2 rings (SSSR count). The summed E-state index contributed by atoms with van der Waals surface area (Å²) in [5, 5.41) is 0. The van der Waals surface area contributed by atoms with Crippen molar-refractivity contribution in [2.24, 2.45) is 11.7 Å². The number of hydrogen-bond acceptors (Lipinski definition) is 1. The molecule has 17 heavy (non-hydrogen) atoms. The van der Waals surface area contributed by atoms with Gasteiger partial charge in [0.1, 0.15) is 5.82 Å². The minimum absolute atomic E-state index is 0.143. The van der Waals surface area contributed by atoms with Crippen LogP contribution in [0.25, 0.3) is 0 Å². The molecular formula is C15H22FN. The molecule has 1 unspecified atom stereocenters. The van der Waals surface area contributed by atoms with Crippen molar-refractivity contribution in [3.63, 3.8) is 0 Å². The molecule has 0 aromatic heterocycles. The first-order valence-corrected chi connectivity index (χ1v) is 6.68. The van der Waals surface area contributed by atoms with Gasteiger partial charge in [-0.25, -0.2) is 4.39 Å². The zero-order valence-electron chi connectivity index (χ0n) is 10.6. The average Bonchev–Trinajstić information content (AvgIpc) is 2.82. The molecule has 0 bridgehead atoms. The zero-order chi connectivity index (χ0) is 12.3. The minimum atomic E-state index is -0.158. The standard InChI is InChI=1S/C15H22FN/c1-11-6-8-14(16)13(10-11)15(17)9-7-12-4-2-3-5-12/h6,8,10,12,15H,2-5,7,9,17H2,1H3. The third-order valence-electron chi connectivity index (χ3n) is 3.91. The average molecular weight is 235 g/mol. The molecule has 1 fully saturated rings. The highest BCUT2D eigenvalue weighted by Crippen LogP contribution is 2.31. The molecule has 0 amide bonds. The monoisotopic (exact) mass is 235 g/mol. The van der Waals surface area contributed by atoms with Crippen molar-refractivity contribution in [2.45, 2.75) is 51.5 Å². The number of rotatable bonds is 4. The third-order valence-corrected chi connectivity index (χ3v) is 3.91. The van der Waals surface area contributed by atoms with Gasteiger partial charge in [-0.2, -0.15) is 0 Å². The van der Waals surface area contributed by atoms with Crippen LogP contribution < -0.4 is 5.73 Å². The lowest BCUT2D eigenvalue weighted by atomic mass is 9.94. The molecule has 1 saturated carbocycles. The second-order valence-corrected chi connectivity index (χ2v) is 5.36. The third kappa shape index (κ3) is 3.29. The van der Waals surface area contributed by atoms with Gasteiger partial charge in [-0.1, -0.05) is 43.4 Å². The van der Waals surface area contributed by atoms with Crippen LogP contribution in [0, 0.1) is 18.7 Å². The van der Waals surface area contributed by atoms with Crippen molar-refractivity contribution in [1.29, 1.82) is 0 Å². The Morgan fingerprint density at radius 1 is 1.35 bits per heavy atom. The molecule has 1 aliphatic rings. The molecule has 1 nitrogen and oxygen atoms in total. The Labute approximate surface area is 103 Å². The normalized spacial score (nSPS) is 18.5. The van der Waals surface area contributed by atoms with E-state index in [4.69, 9.17) is 5.73 Å². The summed E-state index contributed by atoms with van der Waals surface area (Å²) in [6.45, 7) is 1.98. The minimum Gasteiger partial charge on any atom is -0.324 e. The molecule has 0 radical (unpaired) electrons. The number of nitrogens with two attached hydrogens (primary N) is 1. The van der Waals surface area contributed by atoms with Crippen LogP contribution in [0.15, 0.2) is 18.2 Å². The van der Waals surface area contributed by atoms with Gasteiger partial charge in [-0.15, -0.1) is 0 Å². The summed E-state index contributed by atoms with van der Waals surface area (Å²) in [5.74, 6) is 0.670. The Morgan fingerprint density at radius 3 is 2.76 bits per heavy atom. The Morgan fingerprint density at radius 2 is 2.06 bits per heavy atom. The first-order valence-electron chi connectivity index (χ1n) is 6.68. The summed E-state index contributed by atoms with van der Waals surface area (Å²) in [6, 6.07) is 5.06. The number of benzene rings is 1. The van der Waals surface area contributed by atoms with Crippen molar-refractivity contribution >= 4 is 0 Å². The number of aryl methyl sites for hydroxylation is 1. The van der Waals surface area contributed by atoms with Crippen LogP contribution in [0.1, 0.15) is 55.7 Å². The molecule has 0 saturated heterocycles. The molecule has 0 aliphatic heterocycles. The fraction of sp³-hybridized carbons (Fsp3) is 0.600. The molecule has 2 N–H and O–H groups in total. The molecule has 0 spiro atoms. The molecular weight excluding hydrogens is 213 g/mol. The van der Waals surface area contributed by atoms with E-state index in [9.17, 15) is 4.39 Å². The maximum absolute atomic E-state index is 13.6. The maximum Gasteiger partial charge on any atom is 0.127 e. The molecule has 0 heterocycles. The summed E-state index contributed by atoms with van der Waals surface area (Å²) in [6.07, 6.45) is 7.45. The van der Waals surface area contributed by atoms with Gasteiger partial charge in [0.15, 0.2) is 0 Å². The van der Waals surface area contributed by atoms with E-state index in [1.807, 2.05) is 13.0 Å². The smallest absolute Gasteiger partial charge is 0.127 e. The van der Waals surface area contributed by atoms with Crippen LogP contribution in [0.2, 0.25) is 0 Å². The van der Waals surface area contributed by atoms with E-state index in [1.54, 1.807) is 6.07 Å². The van der Waals surface area contributed by atoms with E-state index in [0.717, 1.165) is 24.3 Å². The zero-order valence-corrected chi connectivity index (χ0v) is 10.6. The quantitative estimate of drug-likeness (QED) is 0.835. The molecule has 1 aliphatic carbocycles. The molecule has 1 aromatic rings. The fourth-order valence-electron chi connectivity index (χ4n) is 2.82. The topological polar surface area (TPSA) is 26.0 Å².